The smallest absolute Gasteiger partial charge is 0.253 e. The Balaban J connectivity index is 2.20. The Labute approximate surface area is 110 Å². The SMILES string of the molecule is CC(=O)c1ccc(F)cc1NC(=O)[C@H]1OCC[C@H]1C. The van der Waals surface area contributed by atoms with E-state index in [1.165, 1.54) is 19.1 Å². The number of amides is 1. The van der Waals surface area contributed by atoms with Crippen molar-refractivity contribution in [1.29, 1.82) is 0 Å². The Morgan fingerprint density at radius 1 is 1.42 bits per heavy atom. The van der Waals surface area contributed by atoms with Crippen molar-refractivity contribution in [3.05, 3.63) is 29.6 Å². The van der Waals surface area contributed by atoms with Crippen LogP contribution in [0, 0.1) is 11.7 Å². The lowest BCUT2D eigenvalue weighted by atomic mass is 10.0. The minimum atomic E-state index is -0.539. The van der Waals surface area contributed by atoms with E-state index in [1.807, 2.05) is 6.92 Å². The van der Waals surface area contributed by atoms with Crippen LogP contribution in [0.4, 0.5) is 10.1 Å². The first kappa shape index (κ1) is 13.7. The molecular formula is C14H16FNO3. The van der Waals surface area contributed by atoms with Crippen LogP contribution in [0.2, 0.25) is 0 Å². The highest BCUT2D eigenvalue weighted by Crippen LogP contribution is 2.23. The van der Waals surface area contributed by atoms with Gasteiger partial charge in [-0.2, -0.15) is 0 Å². The number of halogens is 1. The van der Waals surface area contributed by atoms with Gasteiger partial charge >= 0.3 is 0 Å². The summed E-state index contributed by atoms with van der Waals surface area (Å²) in [6, 6.07) is 3.71. The van der Waals surface area contributed by atoms with Gasteiger partial charge in [0.15, 0.2) is 5.78 Å². The van der Waals surface area contributed by atoms with Gasteiger partial charge in [-0.05, 0) is 37.5 Å². The summed E-state index contributed by atoms with van der Waals surface area (Å²) in [4.78, 5) is 23.5. The lowest BCUT2D eigenvalue weighted by molar-refractivity contribution is -0.126. The number of nitrogens with one attached hydrogen (secondary N) is 1. The molecule has 2 rings (SSSR count). The van der Waals surface area contributed by atoms with Crippen LogP contribution < -0.4 is 5.32 Å². The molecule has 1 amide bonds. The van der Waals surface area contributed by atoms with Gasteiger partial charge in [0.05, 0.1) is 5.69 Å². The number of hydrogen-bond acceptors (Lipinski definition) is 3. The fourth-order valence-corrected chi connectivity index (χ4v) is 2.16. The summed E-state index contributed by atoms with van der Waals surface area (Å²) in [6.07, 6.45) is 0.281. The maximum absolute atomic E-state index is 13.2. The zero-order valence-corrected chi connectivity index (χ0v) is 10.9. The normalized spacial score (nSPS) is 22.3. The van der Waals surface area contributed by atoms with Gasteiger partial charge in [0.2, 0.25) is 0 Å². The number of ether oxygens (including phenoxy) is 1. The van der Waals surface area contributed by atoms with Crippen molar-refractivity contribution in [3.8, 4) is 0 Å². The molecule has 1 aromatic carbocycles. The molecule has 1 saturated heterocycles. The molecule has 4 nitrogen and oxygen atoms in total. The van der Waals surface area contributed by atoms with Crippen LogP contribution in [0.3, 0.4) is 0 Å². The number of benzene rings is 1. The maximum Gasteiger partial charge on any atom is 0.253 e. The van der Waals surface area contributed by atoms with Crippen molar-refractivity contribution < 1.29 is 18.7 Å². The molecule has 102 valence electrons. The van der Waals surface area contributed by atoms with Gasteiger partial charge in [-0.25, -0.2) is 4.39 Å². The quantitative estimate of drug-likeness (QED) is 0.854. The maximum atomic E-state index is 13.2. The molecule has 1 fully saturated rings. The third-order valence-corrected chi connectivity index (χ3v) is 3.26. The topological polar surface area (TPSA) is 55.4 Å². The summed E-state index contributed by atoms with van der Waals surface area (Å²) >= 11 is 0. The van der Waals surface area contributed by atoms with Crippen LogP contribution in [0.1, 0.15) is 30.6 Å². The van der Waals surface area contributed by atoms with Gasteiger partial charge in [0.1, 0.15) is 11.9 Å². The fourth-order valence-electron chi connectivity index (χ4n) is 2.16. The molecule has 2 atom stereocenters. The van der Waals surface area contributed by atoms with Gasteiger partial charge in [-0.3, -0.25) is 9.59 Å². The zero-order chi connectivity index (χ0) is 14.0. The minimum absolute atomic E-state index is 0.120. The van der Waals surface area contributed by atoms with Crippen molar-refractivity contribution in [2.45, 2.75) is 26.4 Å². The molecular weight excluding hydrogens is 249 g/mol. The second-order valence-corrected chi connectivity index (χ2v) is 4.79. The molecule has 0 bridgehead atoms. The van der Waals surface area contributed by atoms with Crippen LogP contribution in [-0.2, 0) is 9.53 Å². The van der Waals surface area contributed by atoms with Crippen LogP contribution in [-0.4, -0.2) is 24.4 Å². The molecule has 1 N–H and O–H groups in total. The number of Topliss-reactive ketones (excluding diaryl/α,β-unsaturated/α-hetero) is 1. The van der Waals surface area contributed by atoms with Crippen LogP contribution in [0.5, 0.6) is 0 Å². The first-order valence-corrected chi connectivity index (χ1v) is 6.22. The highest BCUT2D eigenvalue weighted by Gasteiger charge is 2.31. The van der Waals surface area contributed by atoms with E-state index in [1.54, 1.807) is 0 Å². The zero-order valence-electron chi connectivity index (χ0n) is 10.9. The Morgan fingerprint density at radius 3 is 2.74 bits per heavy atom. The molecule has 0 aromatic heterocycles. The van der Waals surface area contributed by atoms with Crippen LogP contribution in [0.25, 0.3) is 0 Å². The highest BCUT2D eigenvalue weighted by atomic mass is 19.1. The van der Waals surface area contributed by atoms with E-state index in [4.69, 9.17) is 4.74 Å². The summed E-state index contributed by atoms with van der Waals surface area (Å²) in [5.41, 5.74) is 0.487. The number of ketones is 1. The Hall–Kier alpha value is -1.75. The van der Waals surface area contributed by atoms with Gasteiger partial charge < -0.3 is 10.1 Å². The fraction of sp³-hybridized carbons (Fsp3) is 0.429. The molecule has 1 aliphatic rings. The van der Waals surface area contributed by atoms with Crippen molar-refractivity contribution in [2.75, 3.05) is 11.9 Å². The molecule has 0 unspecified atom stereocenters. The third kappa shape index (κ3) is 2.98. The molecule has 0 radical (unpaired) electrons. The van der Waals surface area contributed by atoms with E-state index in [2.05, 4.69) is 5.32 Å². The standard InChI is InChI=1S/C14H16FNO3/c1-8-5-6-19-13(8)14(18)16-12-7-10(15)3-4-11(12)9(2)17/h3-4,7-8,13H,5-6H2,1-2H3,(H,16,18)/t8-,13+/m1/s1. The van der Waals surface area contributed by atoms with E-state index in [0.717, 1.165) is 12.5 Å². The van der Waals surface area contributed by atoms with Gasteiger partial charge in [0.25, 0.3) is 5.91 Å². The highest BCUT2D eigenvalue weighted by molar-refractivity contribution is 6.04. The lowest BCUT2D eigenvalue weighted by Gasteiger charge is -2.16. The van der Waals surface area contributed by atoms with Gasteiger partial charge in [0, 0.05) is 12.2 Å². The average molecular weight is 265 g/mol. The van der Waals surface area contributed by atoms with Crippen LogP contribution >= 0.6 is 0 Å². The second-order valence-electron chi connectivity index (χ2n) is 4.79. The number of carbonyl (C=O) groups is 2. The predicted octanol–water partition coefficient (Wildman–Crippen LogP) is 2.39. The Morgan fingerprint density at radius 2 is 2.16 bits per heavy atom. The van der Waals surface area contributed by atoms with E-state index in [0.29, 0.717) is 12.2 Å². The molecule has 19 heavy (non-hydrogen) atoms. The van der Waals surface area contributed by atoms with Crippen molar-refractivity contribution in [2.24, 2.45) is 5.92 Å². The Bertz CT molecular complexity index is 515. The molecule has 1 heterocycles. The summed E-state index contributed by atoms with van der Waals surface area (Å²) in [7, 11) is 0. The summed E-state index contributed by atoms with van der Waals surface area (Å²) in [5.74, 6) is -0.941. The van der Waals surface area contributed by atoms with E-state index in [9.17, 15) is 14.0 Å². The molecule has 5 heteroatoms. The summed E-state index contributed by atoms with van der Waals surface area (Å²) < 4.78 is 18.6. The number of anilines is 1. The third-order valence-electron chi connectivity index (χ3n) is 3.26. The van der Waals surface area contributed by atoms with Crippen molar-refractivity contribution in [1.82, 2.24) is 0 Å². The number of carbonyl (C=O) groups excluding carboxylic acids is 2. The monoisotopic (exact) mass is 265 g/mol. The predicted molar refractivity (Wildman–Crippen MR) is 68.6 cm³/mol. The van der Waals surface area contributed by atoms with Gasteiger partial charge in [-0.15, -0.1) is 0 Å². The second kappa shape index (κ2) is 5.48. The lowest BCUT2D eigenvalue weighted by Crippen LogP contribution is -2.31. The van der Waals surface area contributed by atoms with Crippen molar-refractivity contribution >= 4 is 17.4 Å². The number of rotatable bonds is 3. The molecule has 1 aromatic rings. The van der Waals surface area contributed by atoms with E-state index >= 15 is 0 Å². The first-order chi connectivity index (χ1) is 8.99. The van der Waals surface area contributed by atoms with E-state index < -0.39 is 11.9 Å². The molecule has 0 saturated carbocycles. The Kier molecular flexibility index (Phi) is 3.95. The van der Waals surface area contributed by atoms with Crippen LogP contribution in [0.15, 0.2) is 18.2 Å². The molecule has 1 aliphatic heterocycles. The average Bonchev–Trinajstić information content (AvgIpc) is 2.75. The largest absolute Gasteiger partial charge is 0.368 e. The van der Waals surface area contributed by atoms with E-state index in [-0.39, 0.29) is 23.3 Å². The van der Waals surface area contributed by atoms with Crippen molar-refractivity contribution in [3.63, 3.8) is 0 Å². The molecule has 0 spiro atoms. The minimum Gasteiger partial charge on any atom is -0.368 e. The van der Waals surface area contributed by atoms with Gasteiger partial charge in [-0.1, -0.05) is 6.92 Å². The molecule has 0 aliphatic carbocycles. The first-order valence-electron chi connectivity index (χ1n) is 6.22. The summed E-state index contributed by atoms with van der Waals surface area (Å²) in [6.45, 7) is 3.84. The number of hydrogen-bond donors (Lipinski definition) is 1. The summed E-state index contributed by atoms with van der Waals surface area (Å²) in [5, 5.41) is 2.58.